The van der Waals surface area contributed by atoms with Gasteiger partial charge in [-0.3, -0.25) is 9.59 Å². The topological polar surface area (TPSA) is 81.8 Å². The maximum atomic E-state index is 13.7. The number of rotatable bonds is 7. The summed E-state index contributed by atoms with van der Waals surface area (Å²) in [6.07, 6.45) is 0.327. The third-order valence-electron chi connectivity index (χ3n) is 6.50. The van der Waals surface area contributed by atoms with Crippen molar-refractivity contribution in [1.82, 2.24) is 15.1 Å². The van der Waals surface area contributed by atoms with E-state index in [-0.39, 0.29) is 18.0 Å². The van der Waals surface area contributed by atoms with Crippen molar-refractivity contribution in [1.29, 1.82) is 0 Å². The second-order valence-corrected chi connectivity index (χ2v) is 10.2. The summed E-state index contributed by atoms with van der Waals surface area (Å²) >= 11 is 12.5. The summed E-state index contributed by atoms with van der Waals surface area (Å²) in [6, 6.07) is 24.2. The van der Waals surface area contributed by atoms with E-state index in [1.54, 1.807) is 46.2 Å². The number of benzene rings is 3. The number of nitrogens with one attached hydrogen (secondary N) is 2. The van der Waals surface area contributed by atoms with Crippen molar-refractivity contribution in [2.24, 2.45) is 0 Å². The van der Waals surface area contributed by atoms with Gasteiger partial charge in [0.05, 0.1) is 0 Å². The predicted molar refractivity (Wildman–Crippen MR) is 150 cm³/mol. The second kappa shape index (κ2) is 12.8. The van der Waals surface area contributed by atoms with Crippen LogP contribution < -0.4 is 10.6 Å². The van der Waals surface area contributed by atoms with Crippen molar-refractivity contribution in [3.05, 3.63) is 101 Å². The zero-order chi connectivity index (χ0) is 27.1. The molecule has 0 aliphatic carbocycles. The monoisotopic (exact) mass is 552 g/mol. The molecule has 1 saturated heterocycles. The first kappa shape index (κ1) is 27.5. The van der Waals surface area contributed by atoms with Crippen LogP contribution in [-0.4, -0.2) is 59.4 Å². The molecule has 3 aromatic carbocycles. The number of carbonyl (C=O) groups is 3. The minimum atomic E-state index is -0.923. The smallest absolute Gasteiger partial charge is 0.322 e. The number of urea groups is 1. The number of halogens is 2. The van der Waals surface area contributed by atoms with E-state index in [1.165, 1.54) is 0 Å². The number of piperazine rings is 1. The number of hydrogen-bond donors (Lipinski definition) is 2. The van der Waals surface area contributed by atoms with Gasteiger partial charge in [0.1, 0.15) is 11.4 Å². The quantitative estimate of drug-likeness (QED) is 0.399. The van der Waals surface area contributed by atoms with Crippen LogP contribution in [-0.2, 0) is 16.0 Å². The van der Waals surface area contributed by atoms with E-state index >= 15 is 0 Å². The van der Waals surface area contributed by atoms with Crippen molar-refractivity contribution in [2.45, 2.75) is 30.8 Å². The van der Waals surface area contributed by atoms with Gasteiger partial charge in [-0.15, -0.1) is 11.6 Å². The predicted octanol–water partition coefficient (Wildman–Crippen LogP) is 5.11. The zero-order valence-electron chi connectivity index (χ0n) is 21.0. The number of hydrogen-bond acceptors (Lipinski definition) is 3. The molecule has 3 atom stereocenters. The number of alkyl halides is 1. The maximum absolute atomic E-state index is 13.7. The fourth-order valence-electron chi connectivity index (χ4n) is 4.51. The molecule has 1 aliphatic heterocycles. The lowest BCUT2D eigenvalue weighted by Gasteiger charge is -2.41. The Kier molecular flexibility index (Phi) is 9.26. The molecule has 1 fully saturated rings. The molecule has 0 bridgehead atoms. The van der Waals surface area contributed by atoms with Gasteiger partial charge in [-0.25, -0.2) is 4.79 Å². The van der Waals surface area contributed by atoms with Gasteiger partial charge in [-0.1, -0.05) is 78.3 Å². The van der Waals surface area contributed by atoms with Gasteiger partial charge in [-0.2, -0.15) is 0 Å². The standard InChI is InChI=1S/C29H30Cl2N4O3/c1-20-19-34(15-16-35(20)29(38)32-24-14-8-13-23(30)18-24)28(37)25(17-21-9-4-2-5-10-21)33-27(36)26(31)22-11-6-3-7-12-22/h2-14,18,20,25-26H,15-17,19H2,1H3,(H,32,38)(H,33,36)/t20-,25-,26+/m1/s1. The Bertz CT molecular complexity index is 1260. The van der Waals surface area contributed by atoms with Gasteiger partial charge in [0.25, 0.3) is 0 Å². The highest BCUT2D eigenvalue weighted by molar-refractivity contribution is 6.31. The van der Waals surface area contributed by atoms with E-state index in [4.69, 9.17) is 23.2 Å². The van der Waals surface area contributed by atoms with E-state index in [2.05, 4.69) is 10.6 Å². The Hall–Kier alpha value is -3.55. The highest BCUT2D eigenvalue weighted by Crippen LogP contribution is 2.22. The molecule has 38 heavy (non-hydrogen) atoms. The van der Waals surface area contributed by atoms with Crippen LogP contribution in [0, 0.1) is 0 Å². The van der Waals surface area contributed by atoms with Crippen molar-refractivity contribution in [3.63, 3.8) is 0 Å². The van der Waals surface area contributed by atoms with Crippen LogP contribution in [0.5, 0.6) is 0 Å². The molecular formula is C29H30Cl2N4O3. The summed E-state index contributed by atoms with van der Waals surface area (Å²) < 4.78 is 0. The van der Waals surface area contributed by atoms with Crippen molar-refractivity contribution in [3.8, 4) is 0 Å². The largest absolute Gasteiger partial charge is 0.342 e. The fraction of sp³-hybridized carbons (Fsp3) is 0.276. The van der Waals surface area contributed by atoms with Crippen molar-refractivity contribution >= 4 is 46.7 Å². The normalized spacial score (nSPS) is 16.9. The Morgan fingerprint density at radius 1 is 0.947 bits per heavy atom. The van der Waals surface area contributed by atoms with Crippen LogP contribution >= 0.6 is 23.2 Å². The summed E-state index contributed by atoms with van der Waals surface area (Å²) in [5.41, 5.74) is 2.18. The molecular weight excluding hydrogens is 523 g/mol. The average Bonchev–Trinajstić information content (AvgIpc) is 2.92. The minimum absolute atomic E-state index is 0.208. The molecule has 1 heterocycles. The third kappa shape index (κ3) is 7.05. The van der Waals surface area contributed by atoms with Crippen LogP contribution in [0.1, 0.15) is 23.4 Å². The lowest BCUT2D eigenvalue weighted by atomic mass is 10.0. The summed E-state index contributed by atoms with van der Waals surface area (Å²) in [5.74, 6) is -0.638. The SMILES string of the molecule is C[C@@H]1CN(C(=O)[C@@H](Cc2ccccc2)NC(=O)[C@@H](Cl)c2ccccc2)CCN1C(=O)Nc1cccc(Cl)c1. The van der Waals surface area contributed by atoms with Gasteiger partial charge >= 0.3 is 6.03 Å². The molecule has 4 rings (SSSR count). The van der Waals surface area contributed by atoms with Crippen molar-refractivity contribution in [2.75, 3.05) is 25.0 Å². The van der Waals surface area contributed by atoms with Gasteiger partial charge in [0.2, 0.25) is 11.8 Å². The van der Waals surface area contributed by atoms with Gasteiger partial charge in [0, 0.05) is 42.8 Å². The number of amides is 4. The van der Waals surface area contributed by atoms with Gasteiger partial charge in [-0.05, 0) is 36.2 Å². The summed E-state index contributed by atoms with van der Waals surface area (Å²) in [7, 11) is 0. The Labute approximate surface area is 232 Å². The van der Waals surface area contributed by atoms with Crippen LogP contribution in [0.2, 0.25) is 5.02 Å². The second-order valence-electron chi connectivity index (χ2n) is 9.29. The third-order valence-corrected chi connectivity index (χ3v) is 7.18. The van der Waals surface area contributed by atoms with Crippen LogP contribution in [0.4, 0.5) is 10.5 Å². The van der Waals surface area contributed by atoms with Gasteiger partial charge < -0.3 is 20.4 Å². The van der Waals surface area contributed by atoms with E-state index in [0.29, 0.717) is 42.3 Å². The lowest BCUT2D eigenvalue weighted by Crippen LogP contribution is -2.60. The molecule has 9 heteroatoms. The fourth-order valence-corrected chi connectivity index (χ4v) is 4.91. The minimum Gasteiger partial charge on any atom is -0.342 e. The molecule has 0 aromatic heterocycles. The maximum Gasteiger partial charge on any atom is 0.322 e. The molecule has 1 aliphatic rings. The highest BCUT2D eigenvalue weighted by atomic mass is 35.5. The summed E-state index contributed by atoms with van der Waals surface area (Å²) in [5, 5.41) is 5.35. The molecule has 4 amide bonds. The van der Waals surface area contributed by atoms with Gasteiger partial charge in [0.15, 0.2) is 0 Å². The molecule has 2 N–H and O–H groups in total. The molecule has 0 radical (unpaired) electrons. The Morgan fingerprint density at radius 2 is 1.63 bits per heavy atom. The van der Waals surface area contributed by atoms with E-state index in [1.807, 2.05) is 55.5 Å². The average molecular weight is 553 g/mol. The first-order valence-corrected chi connectivity index (χ1v) is 13.3. The highest BCUT2D eigenvalue weighted by Gasteiger charge is 2.34. The molecule has 0 spiro atoms. The van der Waals surface area contributed by atoms with Crippen LogP contribution in [0.3, 0.4) is 0 Å². The molecule has 198 valence electrons. The Morgan fingerprint density at radius 3 is 2.29 bits per heavy atom. The lowest BCUT2D eigenvalue weighted by molar-refractivity contribution is -0.138. The summed E-state index contributed by atoms with van der Waals surface area (Å²) in [4.78, 5) is 43.0. The summed E-state index contributed by atoms with van der Waals surface area (Å²) in [6.45, 7) is 2.93. The first-order chi connectivity index (χ1) is 18.3. The first-order valence-electron chi connectivity index (χ1n) is 12.5. The van der Waals surface area contributed by atoms with Crippen molar-refractivity contribution < 1.29 is 14.4 Å². The number of nitrogens with zero attached hydrogens (tertiary/aromatic N) is 2. The molecule has 7 nitrogen and oxygen atoms in total. The van der Waals surface area contributed by atoms with Crippen LogP contribution in [0.25, 0.3) is 0 Å². The molecule has 3 aromatic rings. The van der Waals surface area contributed by atoms with E-state index in [0.717, 1.165) is 5.56 Å². The molecule has 0 unspecified atom stereocenters. The number of anilines is 1. The molecule has 0 saturated carbocycles. The number of carbonyl (C=O) groups excluding carboxylic acids is 3. The van der Waals surface area contributed by atoms with E-state index in [9.17, 15) is 14.4 Å². The zero-order valence-corrected chi connectivity index (χ0v) is 22.5. The Balaban J connectivity index is 1.43. The van der Waals surface area contributed by atoms with Crippen LogP contribution in [0.15, 0.2) is 84.9 Å². The van der Waals surface area contributed by atoms with E-state index < -0.39 is 17.3 Å².